The minimum absolute atomic E-state index is 0.266. The first kappa shape index (κ1) is 16.7. The monoisotopic (exact) mass is 316 g/mol. The molecule has 6 heteroatoms. The lowest BCUT2D eigenvalue weighted by molar-refractivity contribution is -0.147. The van der Waals surface area contributed by atoms with Crippen molar-refractivity contribution in [3.63, 3.8) is 0 Å². The maximum absolute atomic E-state index is 12.1. The number of esters is 1. The fraction of sp³-hybridized carbons (Fsp3) is 0.353. The fourth-order valence-corrected chi connectivity index (χ4v) is 2.24. The second-order valence-corrected chi connectivity index (χ2v) is 4.91. The lowest BCUT2D eigenvalue weighted by Crippen LogP contribution is -2.32. The highest BCUT2D eigenvalue weighted by Gasteiger charge is 2.22. The van der Waals surface area contributed by atoms with E-state index in [0.717, 1.165) is 11.3 Å². The van der Waals surface area contributed by atoms with Gasteiger partial charge in [-0.25, -0.2) is 9.48 Å². The third kappa shape index (κ3) is 3.77. The van der Waals surface area contributed by atoms with Gasteiger partial charge in [-0.1, -0.05) is 6.92 Å². The van der Waals surface area contributed by atoms with E-state index < -0.39 is 12.0 Å². The Labute approximate surface area is 134 Å². The smallest absolute Gasteiger partial charge is 0.331 e. The highest BCUT2D eigenvalue weighted by Crippen LogP contribution is 2.20. The maximum Gasteiger partial charge on any atom is 0.331 e. The van der Waals surface area contributed by atoms with Crippen LogP contribution in [0.1, 0.15) is 26.3 Å². The van der Waals surface area contributed by atoms with Gasteiger partial charge in [0.2, 0.25) is 0 Å². The third-order valence-corrected chi connectivity index (χ3v) is 3.45. The Morgan fingerprint density at radius 2 is 1.87 bits per heavy atom. The molecule has 0 radical (unpaired) electrons. The average Bonchev–Trinajstić information content (AvgIpc) is 2.57. The van der Waals surface area contributed by atoms with Crippen LogP contribution in [0.5, 0.6) is 5.75 Å². The van der Waals surface area contributed by atoms with Crippen molar-refractivity contribution in [3.8, 4) is 17.0 Å². The topological polar surface area (TPSA) is 70.4 Å². The van der Waals surface area contributed by atoms with Gasteiger partial charge in [0.1, 0.15) is 5.75 Å². The Bertz CT molecular complexity index is 722. The van der Waals surface area contributed by atoms with Gasteiger partial charge in [-0.3, -0.25) is 4.79 Å². The van der Waals surface area contributed by atoms with Crippen molar-refractivity contribution in [1.82, 2.24) is 9.78 Å². The summed E-state index contributed by atoms with van der Waals surface area (Å²) >= 11 is 0. The molecule has 0 unspecified atom stereocenters. The summed E-state index contributed by atoms with van der Waals surface area (Å²) in [5.41, 5.74) is 1.11. The first-order chi connectivity index (χ1) is 11.1. The molecule has 6 nitrogen and oxygen atoms in total. The zero-order chi connectivity index (χ0) is 16.8. The summed E-state index contributed by atoms with van der Waals surface area (Å²) in [6, 6.07) is 9.65. The summed E-state index contributed by atoms with van der Waals surface area (Å²) in [4.78, 5) is 24.1. The number of hydrogen-bond donors (Lipinski definition) is 0. The second-order valence-electron chi connectivity index (χ2n) is 4.91. The van der Waals surface area contributed by atoms with Crippen molar-refractivity contribution in [2.75, 3.05) is 13.7 Å². The maximum atomic E-state index is 12.1. The minimum atomic E-state index is -0.722. The third-order valence-electron chi connectivity index (χ3n) is 3.45. The molecule has 0 amide bonds. The van der Waals surface area contributed by atoms with Crippen LogP contribution in [-0.2, 0) is 9.53 Å². The van der Waals surface area contributed by atoms with E-state index in [1.807, 2.05) is 31.2 Å². The minimum Gasteiger partial charge on any atom is -0.497 e. The van der Waals surface area contributed by atoms with Crippen LogP contribution in [0.25, 0.3) is 11.3 Å². The fourth-order valence-electron chi connectivity index (χ4n) is 2.24. The van der Waals surface area contributed by atoms with Crippen LogP contribution in [0, 0.1) is 0 Å². The molecular formula is C17H20N2O4. The number of ether oxygens (including phenoxy) is 2. The number of hydrogen-bond acceptors (Lipinski definition) is 5. The summed E-state index contributed by atoms with van der Waals surface area (Å²) in [6.45, 7) is 3.81. The zero-order valence-electron chi connectivity index (χ0n) is 13.5. The van der Waals surface area contributed by atoms with Gasteiger partial charge >= 0.3 is 5.97 Å². The van der Waals surface area contributed by atoms with Gasteiger partial charge in [0.25, 0.3) is 5.56 Å². The first-order valence-corrected chi connectivity index (χ1v) is 7.51. The van der Waals surface area contributed by atoms with Gasteiger partial charge in [-0.15, -0.1) is 0 Å². The van der Waals surface area contributed by atoms with Gasteiger partial charge in [0.05, 0.1) is 19.4 Å². The van der Waals surface area contributed by atoms with Gasteiger partial charge < -0.3 is 9.47 Å². The number of carbonyl (C=O) groups is 1. The molecule has 1 heterocycles. The Morgan fingerprint density at radius 1 is 1.17 bits per heavy atom. The van der Waals surface area contributed by atoms with Crippen molar-refractivity contribution in [3.05, 3.63) is 46.8 Å². The Morgan fingerprint density at radius 3 is 2.43 bits per heavy atom. The van der Waals surface area contributed by atoms with E-state index in [9.17, 15) is 9.59 Å². The van der Waals surface area contributed by atoms with Crippen molar-refractivity contribution in [2.24, 2.45) is 0 Å². The van der Waals surface area contributed by atoms with Crippen molar-refractivity contribution >= 4 is 5.97 Å². The normalized spacial score (nSPS) is 11.8. The van der Waals surface area contributed by atoms with Crippen molar-refractivity contribution in [2.45, 2.75) is 26.3 Å². The molecule has 1 atom stereocenters. The lowest BCUT2D eigenvalue weighted by atomic mass is 10.1. The molecule has 0 bridgehead atoms. The molecule has 1 aromatic heterocycles. The van der Waals surface area contributed by atoms with Crippen LogP contribution in [0.15, 0.2) is 41.2 Å². The molecule has 0 aliphatic rings. The van der Waals surface area contributed by atoms with Crippen LogP contribution in [0.3, 0.4) is 0 Å². The quantitative estimate of drug-likeness (QED) is 0.766. The number of methoxy groups -OCH3 is 1. The van der Waals surface area contributed by atoms with Crippen LogP contribution in [0.2, 0.25) is 0 Å². The molecule has 0 spiro atoms. The number of aromatic nitrogens is 2. The SMILES string of the molecule is CCOC(=O)[C@H](CC)n1nc(-c2ccc(OC)cc2)ccc1=O. The van der Waals surface area contributed by atoms with Gasteiger partial charge in [-0.05, 0) is 43.7 Å². The summed E-state index contributed by atoms with van der Waals surface area (Å²) < 4.78 is 11.3. The zero-order valence-corrected chi connectivity index (χ0v) is 13.5. The van der Waals surface area contributed by atoms with Gasteiger partial charge in [0.15, 0.2) is 6.04 Å². The molecule has 0 aliphatic heterocycles. The van der Waals surface area contributed by atoms with E-state index in [0.29, 0.717) is 12.1 Å². The molecule has 122 valence electrons. The van der Waals surface area contributed by atoms with Crippen LogP contribution < -0.4 is 10.3 Å². The summed E-state index contributed by atoms with van der Waals surface area (Å²) in [5, 5.41) is 4.34. The van der Waals surface area contributed by atoms with Crippen molar-refractivity contribution < 1.29 is 14.3 Å². The standard InChI is InChI=1S/C17H20N2O4/c1-4-15(17(21)23-5-2)19-16(20)11-10-14(18-19)12-6-8-13(22-3)9-7-12/h6-11,15H,4-5H2,1-3H3/t15-/m0/s1. The second kappa shape index (κ2) is 7.58. The highest BCUT2D eigenvalue weighted by molar-refractivity contribution is 5.74. The number of carbonyl (C=O) groups excluding carboxylic acids is 1. The largest absolute Gasteiger partial charge is 0.497 e. The van der Waals surface area contributed by atoms with E-state index in [-0.39, 0.29) is 12.2 Å². The molecule has 1 aromatic carbocycles. The molecule has 0 saturated carbocycles. The van der Waals surface area contributed by atoms with Crippen LogP contribution in [0.4, 0.5) is 0 Å². The Kier molecular flexibility index (Phi) is 5.51. The molecule has 0 N–H and O–H groups in total. The van der Waals surface area contributed by atoms with E-state index in [1.165, 1.54) is 10.7 Å². The number of rotatable bonds is 6. The molecule has 0 saturated heterocycles. The molecular weight excluding hydrogens is 296 g/mol. The molecule has 23 heavy (non-hydrogen) atoms. The Hall–Kier alpha value is -2.63. The van der Waals surface area contributed by atoms with Crippen molar-refractivity contribution in [1.29, 1.82) is 0 Å². The van der Waals surface area contributed by atoms with E-state index in [1.54, 1.807) is 20.1 Å². The molecule has 0 fully saturated rings. The molecule has 2 rings (SSSR count). The summed E-state index contributed by atoms with van der Waals surface area (Å²) in [7, 11) is 1.60. The highest BCUT2D eigenvalue weighted by atomic mass is 16.5. The average molecular weight is 316 g/mol. The van der Waals surface area contributed by atoms with Crippen LogP contribution >= 0.6 is 0 Å². The summed E-state index contributed by atoms with van der Waals surface area (Å²) in [6.07, 6.45) is 0.428. The Balaban J connectivity index is 2.41. The molecule has 2 aromatic rings. The number of benzene rings is 1. The van der Waals surface area contributed by atoms with Gasteiger partial charge in [-0.2, -0.15) is 5.10 Å². The summed E-state index contributed by atoms with van der Waals surface area (Å²) in [5.74, 6) is 0.288. The van der Waals surface area contributed by atoms with E-state index in [4.69, 9.17) is 9.47 Å². The first-order valence-electron chi connectivity index (χ1n) is 7.51. The predicted octanol–water partition coefficient (Wildman–Crippen LogP) is 2.43. The molecule has 0 aliphatic carbocycles. The predicted molar refractivity (Wildman–Crippen MR) is 86.4 cm³/mol. The van der Waals surface area contributed by atoms with Gasteiger partial charge in [0, 0.05) is 11.6 Å². The number of nitrogens with zero attached hydrogens (tertiary/aromatic N) is 2. The van der Waals surface area contributed by atoms with E-state index >= 15 is 0 Å². The van der Waals surface area contributed by atoms with Crippen LogP contribution in [-0.4, -0.2) is 29.5 Å². The lowest BCUT2D eigenvalue weighted by Gasteiger charge is -2.16. The van der Waals surface area contributed by atoms with E-state index in [2.05, 4.69) is 5.10 Å².